The summed E-state index contributed by atoms with van der Waals surface area (Å²) in [5.41, 5.74) is 5.96. The van der Waals surface area contributed by atoms with Gasteiger partial charge in [-0.2, -0.15) is 4.98 Å². The Morgan fingerprint density at radius 1 is 1.33 bits per heavy atom. The van der Waals surface area contributed by atoms with Gasteiger partial charge in [0.1, 0.15) is 6.10 Å². The average molecular weight is 255 g/mol. The Balaban J connectivity index is 2.65. The molecule has 1 aromatic heterocycles. The first-order valence-corrected chi connectivity index (χ1v) is 6.78. The first-order valence-electron chi connectivity index (χ1n) is 6.78. The minimum absolute atomic E-state index is 0.0906. The van der Waals surface area contributed by atoms with Gasteiger partial charge in [0.15, 0.2) is 0 Å². The van der Waals surface area contributed by atoms with E-state index in [-0.39, 0.29) is 12.1 Å². The molecular weight excluding hydrogens is 230 g/mol. The van der Waals surface area contributed by atoms with Crippen LogP contribution in [-0.4, -0.2) is 22.8 Å². The zero-order valence-electron chi connectivity index (χ0n) is 11.8. The Labute approximate surface area is 109 Å². The lowest BCUT2D eigenvalue weighted by Crippen LogP contribution is -2.22. The number of aromatic nitrogens is 2. The van der Waals surface area contributed by atoms with Crippen molar-refractivity contribution in [3.63, 3.8) is 0 Å². The summed E-state index contributed by atoms with van der Waals surface area (Å²) in [5.74, 6) is 1.56. The number of rotatable bonds is 8. The van der Waals surface area contributed by atoms with Crippen LogP contribution in [0.3, 0.4) is 0 Å². The number of nitrogens with zero attached hydrogens (tertiary/aromatic N) is 2. The van der Waals surface area contributed by atoms with Gasteiger partial charge in [-0.05, 0) is 19.3 Å². The van der Waals surface area contributed by atoms with Gasteiger partial charge in [-0.25, -0.2) is 0 Å². The molecule has 0 amide bonds. The largest absolute Gasteiger partial charge is 0.370 e. The van der Waals surface area contributed by atoms with Crippen LogP contribution in [0.25, 0.3) is 0 Å². The molecule has 2 N–H and O–H groups in total. The maximum Gasteiger partial charge on any atom is 0.228 e. The van der Waals surface area contributed by atoms with Crippen molar-refractivity contribution < 1.29 is 9.26 Å². The fourth-order valence-corrected chi connectivity index (χ4v) is 1.91. The van der Waals surface area contributed by atoms with Crippen molar-refractivity contribution in [2.24, 2.45) is 11.7 Å². The lowest BCUT2D eigenvalue weighted by atomic mass is 10.1. The van der Waals surface area contributed by atoms with Gasteiger partial charge in [-0.1, -0.05) is 32.3 Å². The number of hydrogen-bond acceptors (Lipinski definition) is 5. The van der Waals surface area contributed by atoms with Gasteiger partial charge >= 0.3 is 0 Å². The quantitative estimate of drug-likeness (QED) is 0.772. The highest BCUT2D eigenvalue weighted by molar-refractivity contribution is 4.94. The van der Waals surface area contributed by atoms with E-state index in [1.807, 2.05) is 6.92 Å². The summed E-state index contributed by atoms with van der Waals surface area (Å²) >= 11 is 0. The average Bonchev–Trinajstić information content (AvgIpc) is 2.73. The molecule has 1 aromatic rings. The summed E-state index contributed by atoms with van der Waals surface area (Å²) in [4.78, 5) is 4.39. The van der Waals surface area contributed by atoms with Crippen molar-refractivity contribution in [3.8, 4) is 0 Å². The molecule has 0 fully saturated rings. The second-order valence-corrected chi connectivity index (χ2v) is 4.92. The molecule has 5 nitrogen and oxygen atoms in total. The lowest BCUT2D eigenvalue weighted by molar-refractivity contribution is 0.0217. The molecule has 1 rings (SSSR count). The molecule has 0 saturated heterocycles. The van der Waals surface area contributed by atoms with Crippen LogP contribution in [0.2, 0.25) is 0 Å². The Hall–Kier alpha value is -0.940. The molecule has 0 aliphatic heterocycles. The second kappa shape index (κ2) is 7.48. The minimum Gasteiger partial charge on any atom is -0.370 e. The topological polar surface area (TPSA) is 74.2 Å². The van der Waals surface area contributed by atoms with Crippen molar-refractivity contribution in [1.29, 1.82) is 0 Å². The third kappa shape index (κ3) is 4.38. The molecule has 2 atom stereocenters. The van der Waals surface area contributed by atoms with Crippen molar-refractivity contribution >= 4 is 0 Å². The van der Waals surface area contributed by atoms with Crippen LogP contribution < -0.4 is 5.73 Å². The predicted octanol–water partition coefficient (Wildman–Crippen LogP) is 2.47. The van der Waals surface area contributed by atoms with Crippen LogP contribution in [0, 0.1) is 5.92 Å². The van der Waals surface area contributed by atoms with Crippen LogP contribution in [0.5, 0.6) is 0 Å². The number of hydrogen-bond donors (Lipinski definition) is 1. The standard InChI is InChI=1S/C13H25N3O2/c1-5-7-10(14)8-11-15-13(16-18-11)12(9(3)4)17-6-2/h9-10,12H,5-8,14H2,1-4H3. The smallest absolute Gasteiger partial charge is 0.228 e. The van der Waals surface area contributed by atoms with E-state index in [1.165, 1.54) is 0 Å². The first kappa shape index (κ1) is 15.1. The van der Waals surface area contributed by atoms with Gasteiger partial charge in [0.05, 0.1) is 0 Å². The minimum atomic E-state index is -0.102. The van der Waals surface area contributed by atoms with Gasteiger partial charge in [-0.3, -0.25) is 0 Å². The van der Waals surface area contributed by atoms with Crippen LogP contribution in [0.4, 0.5) is 0 Å². The fraction of sp³-hybridized carbons (Fsp3) is 0.846. The lowest BCUT2D eigenvalue weighted by Gasteiger charge is -2.16. The molecule has 18 heavy (non-hydrogen) atoms. The molecule has 0 aliphatic carbocycles. The summed E-state index contributed by atoms with van der Waals surface area (Å²) in [6.07, 6.45) is 2.57. The van der Waals surface area contributed by atoms with E-state index in [1.54, 1.807) is 0 Å². The Bertz CT molecular complexity index is 339. The van der Waals surface area contributed by atoms with Gasteiger partial charge in [0.2, 0.25) is 11.7 Å². The van der Waals surface area contributed by atoms with E-state index >= 15 is 0 Å². The molecule has 104 valence electrons. The summed E-state index contributed by atoms with van der Waals surface area (Å²) < 4.78 is 10.9. The normalized spacial score (nSPS) is 15.0. The zero-order valence-corrected chi connectivity index (χ0v) is 11.8. The summed E-state index contributed by atoms with van der Waals surface area (Å²) in [6.45, 7) is 8.89. The van der Waals surface area contributed by atoms with Crippen LogP contribution >= 0.6 is 0 Å². The Kier molecular flexibility index (Phi) is 6.29. The Morgan fingerprint density at radius 3 is 2.61 bits per heavy atom. The summed E-state index contributed by atoms with van der Waals surface area (Å²) in [7, 11) is 0. The highest BCUT2D eigenvalue weighted by atomic mass is 16.5. The first-order chi connectivity index (χ1) is 8.58. The maximum atomic E-state index is 5.96. The summed E-state index contributed by atoms with van der Waals surface area (Å²) in [6, 6.07) is 0.0906. The third-order valence-electron chi connectivity index (χ3n) is 2.79. The van der Waals surface area contributed by atoms with Gasteiger partial charge in [0, 0.05) is 19.1 Å². The SMILES string of the molecule is CCCC(N)Cc1nc(C(OCC)C(C)C)no1. The van der Waals surface area contributed by atoms with Gasteiger partial charge in [0.25, 0.3) is 0 Å². The van der Waals surface area contributed by atoms with Gasteiger partial charge in [-0.15, -0.1) is 0 Å². The molecule has 0 radical (unpaired) electrons. The molecule has 1 heterocycles. The monoisotopic (exact) mass is 255 g/mol. The highest BCUT2D eigenvalue weighted by Crippen LogP contribution is 2.23. The van der Waals surface area contributed by atoms with E-state index < -0.39 is 0 Å². The molecule has 0 aliphatic rings. The van der Waals surface area contributed by atoms with Crippen molar-refractivity contribution in [2.45, 2.75) is 59.1 Å². The molecular formula is C13H25N3O2. The zero-order chi connectivity index (χ0) is 13.5. The molecule has 0 spiro atoms. The highest BCUT2D eigenvalue weighted by Gasteiger charge is 2.22. The van der Waals surface area contributed by atoms with Crippen molar-refractivity contribution in [3.05, 3.63) is 11.7 Å². The molecule has 2 unspecified atom stereocenters. The van der Waals surface area contributed by atoms with Crippen LogP contribution in [0.15, 0.2) is 4.52 Å². The molecule has 0 aromatic carbocycles. The van der Waals surface area contributed by atoms with Crippen molar-refractivity contribution in [2.75, 3.05) is 6.61 Å². The number of ether oxygens (including phenoxy) is 1. The Morgan fingerprint density at radius 2 is 2.06 bits per heavy atom. The third-order valence-corrected chi connectivity index (χ3v) is 2.79. The molecule has 0 saturated carbocycles. The predicted molar refractivity (Wildman–Crippen MR) is 70.1 cm³/mol. The van der Waals surface area contributed by atoms with Gasteiger partial charge < -0.3 is 15.0 Å². The van der Waals surface area contributed by atoms with E-state index in [2.05, 4.69) is 30.9 Å². The van der Waals surface area contributed by atoms with E-state index in [4.69, 9.17) is 15.0 Å². The van der Waals surface area contributed by atoms with E-state index in [0.29, 0.717) is 30.7 Å². The molecule has 5 heteroatoms. The van der Waals surface area contributed by atoms with E-state index in [9.17, 15) is 0 Å². The van der Waals surface area contributed by atoms with Crippen LogP contribution in [0.1, 0.15) is 58.4 Å². The fourth-order valence-electron chi connectivity index (χ4n) is 1.91. The van der Waals surface area contributed by atoms with E-state index in [0.717, 1.165) is 12.8 Å². The number of nitrogens with two attached hydrogens (primary N) is 1. The second-order valence-electron chi connectivity index (χ2n) is 4.92. The van der Waals surface area contributed by atoms with Crippen LogP contribution in [-0.2, 0) is 11.2 Å². The summed E-state index contributed by atoms with van der Waals surface area (Å²) in [5, 5.41) is 4.00. The van der Waals surface area contributed by atoms with Crippen molar-refractivity contribution in [1.82, 2.24) is 10.1 Å². The molecule has 0 bridgehead atoms. The maximum absolute atomic E-state index is 5.96.